The number of benzene rings is 1. The number of hydrogen-bond donors (Lipinski definition) is 2. The SMILES string of the molecule is CC(=O)O.CCOC(=O)Nc1ccc([N+](=O)[O-])cc1. The number of carboxylic acids is 1. The smallest absolute Gasteiger partial charge is 0.411 e. The molecule has 1 rings (SSSR count). The van der Waals surface area contributed by atoms with Gasteiger partial charge in [0.25, 0.3) is 11.7 Å². The molecule has 8 heteroatoms. The molecule has 0 radical (unpaired) electrons. The Bertz CT molecular complexity index is 439. The van der Waals surface area contributed by atoms with E-state index in [0.29, 0.717) is 5.69 Å². The van der Waals surface area contributed by atoms with Gasteiger partial charge in [0.05, 0.1) is 11.5 Å². The fourth-order valence-corrected chi connectivity index (χ4v) is 0.952. The van der Waals surface area contributed by atoms with Gasteiger partial charge in [0.1, 0.15) is 0 Å². The average Bonchev–Trinajstić information content (AvgIpc) is 2.29. The Morgan fingerprint density at radius 3 is 2.21 bits per heavy atom. The lowest BCUT2D eigenvalue weighted by molar-refractivity contribution is -0.384. The van der Waals surface area contributed by atoms with Crippen molar-refractivity contribution in [1.82, 2.24) is 0 Å². The Labute approximate surface area is 109 Å². The van der Waals surface area contributed by atoms with Crippen molar-refractivity contribution in [2.75, 3.05) is 11.9 Å². The number of nitro groups is 1. The van der Waals surface area contributed by atoms with Crippen molar-refractivity contribution in [2.45, 2.75) is 13.8 Å². The average molecular weight is 270 g/mol. The molecule has 1 aromatic rings. The lowest BCUT2D eigenvalue weighted by Crippen LogP contribution is -2.13. The summed E-state index contributed by atoms with van der Waals surface area (Å²) >= 11 is 0. The number of carboxylic acid groups (broad SMARTS) is 1. The van der Waals surface area contributed by atoms with E-state index in [2.05, 4.69) is 10.1 Å². The summed E-state index contributed by atoms with van der Waals surface area (Å²) in [5, 5.41) is 20.2. The number of ether oxygens (including phenoxy) is 1. The number of non-ortho nitro benzene ring substituents is 1. The summed E-state index contributed by atoms with van der Waals surface area (Å²) in [6, 6.07) is 5.49. The molecule has 0 heterocycles. The van der Waals surface area contributed by atoms with Gasteiger partial charge in [-0.15, -0.1) is 0 Å². The first-order valence-electron chi connectivity index (χ1n) is 5.24. The number of aliphatic carboxylic acids is 1. The van der Waals surface area contributed by atoms with Gasteiger partial charge in [-0.05, 0) is 19.1 Å². The number of nitrogens with zero attached hydrogens (tertiary/aromatic N) is 1. The zero-order valence-corrected chi connectivity index (χ0v) is 10.5. The van der Waals surface area contributed by atoms with Crippen LogP contribution in [0.4, 0.5) is 16.2 Å². The molecule has 0 bridgehead atoms. The van der Waals surface area contributed by atoms with Crippen LogP contribution in [0.25, 0.3) is 0 Å². The Balaban J connectivity index is 0.000000711. The summed E-state index contributed by atoms with van der Waals surface area (Å²) in [5.41, 5.74) is 0.434. The number of carbonyl (C=O) groups is 2. The van der Waals surface area contributed by atoms with Crippen LogP contribution in [0, 0.1) is 10.1 Å². The summed E-state index contributed by atoms with van der Waals surface area (Å²) in [5.74, 6) is -0.833. The predicted octanol–water partition coefficient (Wildman–Crippen LogP) is 2.25. The molecule has 0 aliphatic rings. The van der Waals surface area contributed by atoms with Gasteiger partial charge in [-0.3, -0.25) is 20.2 Å². The summed E-state index contributed by atoms with van der Waals surface area (Å²) < 4.78 is 4.64. The number of hydrogen-bond acceptors (Lipinski definition) is 5. The minimum atomic E-state index is -0.833. The van der Waals surface area contributed by atoms with Gasteiger partial charge in [-0.2, -0.15) is 0 Å². The van der Waals surface area contributed by atoms with Crippen LogP contribution in [0.2, 0.25) is 0 Å². The number of carbonyl (C=O) groups excluding carboxylic acids is 1. The highest BCUT2D eigenvalue weighted by Crippen LogP contribution is 2.15. The van der Waals surface area contributed by atoms with Gasteiger partial charge in [-0.1, -0.05) is 0 Å². The predicted molar refractivity (Wildman–Crippen MR) is 67.1 cm³/mol. The van der Waals surface area contributed by atoms with Gasteiger partial charge in [-0.25, -0.2) is 4.79 Å². The molecule has 0 unspecified atom stereocenters. The third kappa shape index (κ3) is 8.13. The maximum Gasteiger partial charge on any atom is 0.411 e. The molecule has 1 aromatic carbocycles. The third-order valence-corrected chi connectivity index (χ3v) is 1.60. The summed E-state index contributed by atoms with van der Waals surface area (Å²) in [6.07, 6.45) is -0.577. The van der Waals surface area contributed by atoms with Crippen LogP contribution in [-0.4, -0.2) is 28.7 Å². The van der Waals surface area contributed by atoms with Crippen molar-refractivity contribution in [3.05, 3.63) is 34.4 Å². The van der Waals surface area contributed by atoms with Gasteiger partial charge in [0.15, 0.2) is 0 Å². The normalized spacial score (nSPS) is 8.74. The highest BCUT2D eigenvalue weighted by atomic mass is 16.6. The zero-order valence-electron chi connectivity index (χ0n) is 10.5. The Kier molecular flexibility index (Phi) is 7.28. The second kappa shape index (κ2) is 8.45. The summed E-state index contributed by atoms with van der Waals surface area (Å²) in [4.78, 5) is 29.8. The largest absolute Gasteiger partial charge is 0.481 e. The lowest BCUT2D eigenvalue weighted by Gasteiger charge is -2.03. The number of nitro benzene ring substituents is 1. The van der Waals surface area contributed by atoms with E-state index < -0.39 is 17.0 Å². The van der Waals surface area contributed by atoms with Gasteiger partial charge in [0.2, 0.25) is 0 Å². The number of nitrogens with one attached hydrogen (secondary N) is 1. The zero-order chi connectivity index (χ0) is 14.8. The van der Waals surface area contributed by atoms with Crippen molar-refractivity contribution in [3.8, 4) is 0 Å². The number of anilines is 1. The molecule has 0 atom stereocenters. The minimum absolute atomic E-state index is 0.0237. The molecule has 0 saturated carbocycles. The quantitative estimate of drug-likeness (QED) is 0.642. The van der Waals surface area contributed by atoms with Crippen LogP contribution < -0.4 is 5.32 Å². The molecule has 104 valence electrons. The van der Waals surface area contributed by atoms with E-state index in [1.807, 2.05) is 0 Å². The van der Waals surface area contributed by atoms with Gasteiger partial charge < -0.3 is 9.84 Å². The van der Waals surface area contributed by atoms with Gasteiger partial charge >= 0.3 is 6.09 Å². The van der Waals surface area contributed by atoms with E-state index in [1.54, 1.807) is 6.92 Å². The van der Waals surface area contributed by atoms with Crippen LogP contribution in [0.1, 0.15) is 13.8 Å². The Morgan fingerprint density at radius 2 is 1.84 bits per heavy atom. The molecule has 8 nitrogen and oxygen atoms in total. The van der Waals surface area contributed by atoms with Crippen molar-refractivity contribution >= 4 is 23.4 Å². The van der Waals surface area contributed by atoms with Crippen molar-refractivity contribution < 1.29 is 24.4 Å². The van der Waals surface area contributed by atoms with Crippen LogP contribution in [0.5, 0.6) is 0 Å². The molecule has 0 spiro atoms. The summed E-state index contributed by atoms with van der Waals surface area (Å²) in [6.45, 7) is 3.05. The minimum Gasteiger partial charge on any atom is -0.481 e. The maximum atomic E-state index is 11.0. The Morgan fingerprint density at radius 1 is 1.37 bits per heavy atom. The van der Waals surface area contributed by atoms with E-state index in [1.165, 1.54) is 24.3 Å². The van der Waals surface area contributed by atoms with E-state index in [0.717, 1.165) is 6.92 Å². The second-order valence-corrected chi connectivity index (χ2v) is 3.17. The number of amides is 1. The second-order valence-electron chi connectivity index (χ2n) is 3.17. The van der Waals surface area contributed by atoms with E-state index in [4.69, 9.17) is 9.90 Å². The molecule has 0 aliphatic carbocycles. The molecule has 0 saturated heterocycles. The molecule has 0 fully saturated rings. The van der Waals surface area contributed by atoms with Crippen LogP contribution in [0.15, 0.2) is 24.3 Å². The first kappa shape index (κ1) is 16.4. The maximum absolute atomic E-state index is 11.0. The van der Waals surface area contributed by atoms with E-state index in [-0.39, 0.29) is 12.3 Å². The molecule has 2 N–H and O–H groups in total. The van der Waals surface area contributed by atoms with Crippen molar-refractivity contribution in [2.24, 2.45) is 0 Å². The van der Waals surface area contributed by atoms with Crippen molar-refractivity contribution in [3.63, 3.8) is 0 Å². The van der Waals surface area contributed by atoms with Crippen LogP contribution >= 0.6 is 0 Å². The fraction of sp³-hybridized carbons (Fsp3) is 0.273. The third-order valence-electron chi connectivity index (χ3n) is 1.60. The van der Waals surface area contributed by atoms with Crippen LogP contribution in [-0.2, 0) is 9.53 Å². The molecule has 0 aromatic heterocycles. The first-order valence-corrected chi connectivity index (χ1v) is 5.24. The number of rotatable bonds is 3. The standard InChI is InChI=1S/C9H10N2O4.C2H4O2/c1-2-15-9(12)10-7-3-5-8(6-4-7)11(13)14;1-2(3)4/h3-6H,2H2,1H3,(H,10,12);1H3,(H,3,4). The topological polar surface area (TPSA) is 119 Å². The van der Waals surface area contributed by atoms with E-state index >= 15 is 0 Å². The summed E-state index contributed by atoms with van der Waals surface area (Å²) in [7, 11) is 0. The van der Waals surface area contributed by atoms with Gasteiger partial charge in [0, 0.05) is 24.7 Å². The fourth-order valence-electron chi connectivity index (χ4n) is 0.952. The highest BCUT2D eigenvalue weighted by molar-refractivity contribution is 5.84. The molecular formula is C11H14N2O6. The van der Waals surface area contributed by atoms with Crippen molar-refractivity contribution in [1.29, 1.82) is 0 Å². The molecule has 1 amide bonds. The monoisotopic (exact) mass is 270 g/mol. The molecule has 19 heavy (non-hydrogen) atoms. The van der Waals surface area contributed by atoms with Crippen LogP contribution in [0.3, 0.4) is 0 Å². The van der Waals surface area contributed by atoms with E-state index in [9.17, 15) is 14.9 Å². The molecular weight excluding hydrogens is 256 g/mol. The Hall–Kier alpha value is -2.64. The lowest BCUT2D eigenvalue weighted by atomic mass is 10.3. The highest BCUT2D eigenvalue weighted by Gasteiger charge is 2.05. The first-order chi connectivity index (χ1) is 8.86. The molecule has 0 aliphatic heterocycles.